The normalized spacial score (nSPS) is 12.7. The fourth-order valence-corrected chi connectivity index (χ4v) is 2.23. The smallest absolute Gasteiger partial charge is 0.137 e. The number of hydrogen-bond donors (Lipinski definition) is 2. The van der Waals surface area contributed by atoms with E-state index >= 15 is 0 Å². The molecule has 1 heterocycles. The summed E-state index contributed by atoms with van der Waals surface area (Å²) in [6.07, 6.45) is -0.416. The Labute approximate surface area is 122 Å². The molecule has 2 N–H and O–H groups in total. The molecule has 2 rings (SSSR count). The van der Waals surface area contributed by atoms with Gasteiger partial charge in [0.15, 0.2) is 0 Å². The van der Waals surface area contributed by atoms with Crippen LogP contribution in [0, 0.1) is 12.7 Å². The van der Waals surface area contributed by atoms with E-state index < -0.39 is 6.10 Å². The molecule has 4 nitrogen and oxygen atoms in total. The number of nitrogens with zero attached hydrogens (tertiary/aromatic N) is 2. The van der Waals surface area contributed by atoms with E-state index in [2.05, 4.69) is 10.4 Å². The van der Waals surface area contributed by atoms with Crippen molar-refractivity contribution in [3.05, 3.63) is 46.5 Å². The van der Waals surface area contributed by atoms with Gasteiger partial charge in [-0.1, -0.05) is 11.6 Å². The fraction of sp³-hybridized carbons (Fsp3) is 0.357. The molecule has 1 aromatic heterocycles. The van der Waals surface area contributed by atoms with Crippen molar-refractivity contribution < 1.29 is 9.50 Å². The van der Waals surface area contributed by atoms with Crippen LogP contribution in [0.3, 0.4) is 0 Å². The van der Waals surface area contributed by atoms with Crippen molar-refractivity contribution in [1.29, 1.82) is 0 Å². The highest BCUT2D eigenvalue weighted by Gasteiger charge is 2.14. The zero-order chi connectivity index (χ0) is 14.7. The molecule has 0 saturated heterocycles. The molecule has 0 aliphatic heterocycles. The highest BCUT2D eigenvalue weighted by Crippen LogP contribution is 2.23. The zero-order valence-corrected chi connectivity index (χ0v) is 12.2. The first-order valence-corrected chi connectivity index (χ1v) is 6.75. The molecule has 20 heavy (non-hydrogen) atoms. The van der Waals surface area contributed by atoms with Gasteiger partial charge in [0.1, 0.15) is 11.0 Å². The molecule has 0 fully saturated rings. The number of hydrogen-bond acceptors (Lipinski definition) is 3. The maximum atomic E-state index is 12.9. The number of aliphatic hydroxyl groups is 1. The Hall–Kier alpha value is -1.43. The minimum atomic E-state index is -0.416. The van der Waals surface area contributed by atoms with Crippen molar-refractivity contribution in [3.63, 3.8) is 0 Å². The predicted molar refractivity (Wildman–Crippen MR) is 76.7 cm³/mol. The van der Waals surface area contributed by atoms with Gasteiger partial charge >= 0.3 is 0 Å². The van der Waals surface area contributed by atoms with Gasteiger partial charge in [-0.15, -0.1) is 0 Å². The first-order chi connectivity index (χ1) is 9.49. The molecule has 0 radical (unpaired) electrons. The fourth-order valence-electron chi connectivity index (χ4n) is 1.89. The van der Waals surface area contributed by atoms with Gasteiger partial charge in [0.25, 0.3) is 0 Å². The molecule has 0 amide bonds. The second-order valence-electron chi connectivity index (χ2n) is 4.72. The molecule has 1 atom stereocenters. The molecule has 108 valence electrons. The van der Waals surface area contributed by atoms with E-state index in [1.165, 1.54) is 12.1 Å². The van der Waals surface area contributed by atoms with Gasteiger partial charge in [-0.2, -0.15) is 5.10 Å². The Kier molecular flexibility index (Phi) is 4.75. The van der Waals surface area contributed by atoms with Gasteiger partial charge in [0.2, 0.25) is 0 Å². The first kappa shape index (κ1) is 15.0. The van der Waals surface area contributed by atoms with Crippen molar-refractivity contribution in [2.45, 2.75) is 26.5 Å². The van der Waals surface area contributed by atoms with Crippen LogP contribution >= 0.6 is 11.6 Å². The summed E-state index contributed by atoms with van der Waals surface area (Å²) in [4.78, 5) is 0. The summed E-state index contributed by atoms with van der Waals surface area (Å²) < 4.78 is 14.5. The molecule has 6 heteroatoms. The molecule has 0 aliphatic rings. The van der Waals surface area contributed by atoms with Crippen LogP contribution in [0.1, 0.15) is 18.2 Å². The number of halogens is 2. The molecule has 0 spiro atoms. The van der Waals surface area contributed by atoms with Crippen LogP contribution in [0.4, 0.5) is 4.39 Å². The average molecular weight is 298 g/mol. The van der Waals surface area contributed by atoms with Crippen LogP contribution in [0.5, 0.6) is 0 Å². The Morgan fingerprint density at radius 3 is 2.65 bits per heavy atom. The standard InChI is InChI=1S/C14H17ClFN3O/c1-9(20)7-17-8-13-10(2)18-19(14(13)15)12-5-3-11(16)4-6-12/h3-6,9,17,20H,7-8H2,1-2H3. The Bertz CT molecular complexity index is 581. The summed E-state index contributed by atoms with van der Waals surface area (Å²) in [5.41, 5.74) is 2.38. The number of aromatic nitrogens is 2. The maximum absolute atomic E-state index is 12.9. The second kappa shape index (κ2) is 6.35. The lowest BCUT2D eigenvalue weighted by Crippen LogP contribution is -2.24. The maximum Gasteiger partial charge on any atom is 0.137 e. The third kappa shape index (κ3) is 3.36. The van der Waals surface area contributed by atoms with Crippen molar-refractivity contribution in [2.24, 2.45) is 0 Å². The van der Waals surface area contributed by atoms with Gasteiger partial charge in [0.05, 0.1) is 17.5 Å². The number of benzene rings is 1. The summed E-state index contributed by atoms with van der Waals surface area (Å²) in [5, 5.41) is 17.2. The zero-order valence-electron chi connectivity index (χ0n) is 11.4. The highest BCUT2D eigenvalue weighted by molar-refractivity contribution is 6.30. The van der Waals surface area contributed by atoms with E-state index in [0.29, 0.717) is 23.9 Å². The lowest BCUT2D eigenvalue weighted by Gasteiger charge is -2.07. The van der Waals surface area contributed by atoms with Crippen LogP contribution in [-0.2, 0) is 6.54 Å². The van der Waals surface area contributed by atoms with Crippen molar-refractivity contribution in [3.8, 4) is 5.69 Å². The highest BCUT2D eigenvalue weighted by atomic mass is 35.5. The van der Waals surface area contributed by atoms with Gasteiger partial charge in [-0.25, -0.2) is 9.07 Å². The summed E-state index contributed by atoms with van der Waals surface area (Å²) in [6.45, 7) is 4.59. The quantitative estimate of drug-likeness (QED) is 0.891. The molecule has 0 aliphatic carbocycles. The van der Waals surface area contributed by atoms with Crippen LogP contribution < -0.4 is 5.32 Å². The van der Waals surface area contributed by atoms with Crippen molar-refractivity contribution in [1.82, 2.24) is 15.1 Å². The number of nitrogens with one attached hydrogen (secondary N) is 1. The second-order valence-corrected chi connectivity index (χ2v) is 5.08. The minimum absolute atomic E-state index is 0.299. The first-order valence-electron chi connectivity index (χ1n) is 6.37. The van der Waals surface area contributed by atoms with E-state index in [0.717, 1.165) is 11.3 Å². The molecule has 1 aromatic carbocycles. The van der Waals surface area contributed by atoms with Crippen LogP contribution in [-0.4, -0.2) is 27.5 Å². The lowest BCUT2D eigenvalue weighted by atomic mass is 10.2. The molecular formula is C14H17ClFN3O. The molecule has 2 aromatic rings. The van der Waals surface area contributed by atoms with Gasteiger partial charge in [-0.3, -0.25) is 0 Å². The number of rotatable bonds is 5. The SMILES string of the molecule is Cc1nn(-c2ccc(F)cc2)c(Cl)c1CNCC(C)O. The Balaban J connectivity index is 2.22. The van der Waals surface area contributed by atoms with Gasteiger partial charge < -0.3 is 10.4 Å². The third-order valence-corrected chi connectivity index (χ3v) is 3.32. The summed E-state index contributed by atoms with van der Waals surface area (Å²) >= 11 is 6.32. The monoisotopic (exact) mass is 297 g/mol. The third-order valence-electron chi connectivity index (χ3n) is 2.93. The Morgan fingerprint density at radius 2 is 2.05 bits per heavy atom. The van der Waals surface area contributed by atoms with Crippen molar-refractivity contribution >= 4 is 11.6 Å². The molecule has 0 bridgehead atoms. The molecule has 0 saturated carbocycles. The number of aliphatic hydroxyl groups excluding tert-OH is 1. The van der Waals surface area contributed by atoms with Crippen LogP contribution in [0.15, 0.2) is 24.3 Å². The minimum Gasteiger partial charge on any atom is -0.392 e. The Morgan fingerprint density at radius 1 is 1.40 bits per heavy atom. The summed E-state index contributed by atoms with van der Waals surface area (Å²) in [6, 6.07) is 5.99. The van der Waals surface area contributed by atoms with Crippen LogP contribution in [0.25, 0.3) is 5.69 Å². The van der Waals surface area contributed by atoms with E-state index in [1.807, 2.05) is 6.92 Å². The summed E-state index contributed by atoms with van der Waals surface area (Å²) in [5.74, 6) is -0.299. The largest absolute Gasteiger partial charge is 0.392 e. The van der Waals surface area contributed by atoms with E-state index in [1.54, 1.807) is 23.7 Å². The average Bonchev–Trinajstić information content (AvgIpc) is 2.67. The van der Waals surface area contributed by atoms with Gasteiger partial charge in [0, 0.05) is 18.7 Å². The summed E-state index contributed by atoms with van der Waals surface area (Å²) in [7, 11) is 0. The van der Waals surface area contributed by atoms with Gasteiger partial charge in [-0.05, 0) is 38.1 Å². The van der Waals surface area contributed by atoms with E-state index in [-0.39, 0.29) is 5.82 Å². The molecule has 1 unspecified atom stereocenters. The topological polar surface area (TPSA) is 50.1 Å². The van der Waals surface area contributed by atoms with E-state index in [4.69, 9.17) is 11.6 Å². The van der Waals surface area contributed by atoms with E-state index in [9.17, 15) is 9.50 Å². The van der Waals surface area contributed by atoms with Crippen LogP contribution in [0.2, 0.25) is 5.15 Å². The molecular weight excluding hydrogens is 281 g/mol. The number of aryl methyl sites for hydroxylation is 1. The van der Waals surface area contributed by atoms with Crippen molar-refractivity contribution in [2.75, 3.05) is 6.54 Å². The predicted octanol–water partition coefficient (Wildman–Crippen LogP) is 2.44. The lowest BCUT2D eigenvalue weighted by molar-refractivity contribution is 0.191.